The van der Waals surface area contributed by atoms with Gasteiger partial charge in [-0.2, -0.15) is 0 Å². The van der Waals surface area contributed by atoms with E-state index < -0.39 is 0 Å². The van der Waals surface area contributed by atoms with Crippen LogP contribution in [-0.4, -0.2) is 26.0 Å². The van der Waals surface area contributed by atoms with Crippen LogP contribution in [0.4, 0.5) is 5.82 Å². The first kappa shape index (κ1) is 21.6. The number of imidazole rings is 1. The van der Waals surface area contributed by atoms with Crippen molar-refractivity contribution in [3.63, 3.8) is 0 Å². The molecule has 0 fully saturated rings. The average Bonchev–Trinajstić information content (AvgIpc) is 3.09. The van der Waals surface area contributed by atoms with Crippen molar-refractivity contribution in [2.75, 3.05) is 12.3 Å². The molecular weight excluding hydrogens is 478 g/mol. The Morgan fingerprint density at radius 2 is 2.03 bits per heavy atom. The molecule has 0 saturated heterocycles. The normalized spacial score (nSPS) is 12.3. The van der Waals surface area contributed by atoms with Gasteiger partial charge in [0.1, 0.15) is 21.7 Å². The van der Waals surface area contributed by atoms with Crippen molar-refractivity contribution in [1.82, 2.24) is 19.4 Å². The predicted molar refractivity (Wildman–Crippen MR) is 128 cm³/mol. The molecule has 0 radical (unpaired) electrons. The second-order valence-electron chi connectivity index (χ2n) is 7.41. The largest absolute Gasteiger partial charge is 0.493 e. The van der Waals surface area contributed by atoms with Crippen LogP contribution in [0.2, 0.25) is 5.02 Å². The van der Waals surface area contributed by atoms with Crippen LogP contribution in [0.3, 0.4) is 0 Å². The van der Waals surface area contributed by atoms with Gasteiger partial charge in [0, 0.05) is 51.9 Å². The lowest BCUT2D eigenvalue weighted by molar-refractivity contribution is 0.336. The van der Waals surface area contributed by atoms with E-state index in [1.54, 1.807) is 6.20 Å². The smallest absolute Gasteiger partial charge is 0.150 e. The number of halogens is 2. The van der Waals surface area contributed by atoms with Gasteiger partial charge in [-0.15, -0.1) is 0 Å². The van der Waals surface area contributed by atoms with Crippen LogP contribution in [0.15, 0.2) is 41.4 Å². The van der Waals surface area contributed by atoms with Crippen molar-refractivity contribution in [2.45, 2.75) is 33.6 Å². The quantitative estimate of drug-likeness (QED) is 0.366. The maximum absolute atomic E-state index is 6.71. The number of aromatic nitrogens is 4. The second kappa shape index (κ2) is 8.48. The zero-order valence-corrected chi connectivity index (χ0v) is 20.1. The van der Waals surface area contributed by atoms with E-state index >= 15 is 0 Å². The summed E-state index contributed by atoms with van der Waals surface area (Å²) in [5.74, 6) is 1.89. The molecule has 0 amide bonds. The molecule has 0 aliphatic carbocycles. The lowest BCUT2D eigenvalue weighted by atomic mass is 9.91. The van der Waals surface area contributed by atoms with E-state index in [2.05, 4.69) is 32.8 Å². The molecule has 2 N–H and O–H groups in total. The number of ether oxygens (including phenoxy) is 1. The van der Waals surface area contributed by atoms with Crippen molar-refractivity contribution in [1.29, 1.82) is 0 Å². The van der Waals surface area contributed by atoms with E-state index in [0.29, 0.717) is 22.1 Å². The van der Waals surface area contributed by atoms with Crippen molar-refractivity contribution in [3.05, 3.63) is 69.1 Å². The van der Waals surface area contributed by atoms with Crippen LogP contribution in [-0.2, 0) is 0 Å². The fourth-order valence-electron chi connectivity index (χ4n) is 3.82. The molecule has 0 bridgehead atoms. The number of hydrogen-bond donors (Lipinski definition) is 1. The number of nitrogens with zero attached hydrogens (tertiary/aromatic N) is 4. The Labute approximate surface area is 194 Å². The van der Waals surface area contributed by atoms with Crippen LogP contribution in [0.1, 0.15) is 42.4 Å². The number of benzene rings is 1. The number of fused-ring (bicyclic) bond motifs is 1. The first-order chi connectivity index (χ1) is 14.8. The van der Waals surface area contributed by atoms with Gasteiger partial charge in [-0.3, -0.25) is 9.38 Å². The molecule has 0 aliphatic rings. The highest BCUT2D eigenvalue weighted by Crippen LogP contribution is 2.44. The summed E-state index contributed by atoms with van der Waals surface area (Å²) in [6, 6.07) is 6.01. The molecule has 0 spiro atoms. The third-order valence-corrected chi connectivity index (χ3v) is 6.36. The molecule has 0 saturated carbocycles. The third-order valence-electron chi connectivity index (χ3n) is 5.42. The van der Waals surface area contributed by atoms with E-state index in [1.807, 2.05) is 55.8 Å². The molecule has 160 valence electrons. The summed E-state index contributed by atoms with van der Waals surface area (Å²) in [5.41, 5.74) is 11.6. The Kier molecular flexibility index (Phi) is 5.90. The Hall–Kier alpha value is -2.64. The maximum atomic E-state index is 6.71. The molecule has 0 aliphatic heterocycles. The zero-order valence-electron chi connectivity index (χ0n) is 17.8. The molecule has 1 atom stereocenters. The topological polar surface area (TPSA) is 78.3 Å². The van der Waals surface area contributed by atoms with Gasteiger partial charge in [0.05, 0.1) is 6.61 Å². The summed E-state index contributed by atoms with van der Waals surface area (Å²) in [5, 5.41) is 0.669. The van der Waals surface area contributed by atoms with Crippen LogP contribution in [0, 0.1) is 13.8 Å². The minimum Gasteiger partial charge on any atom is -0.493 e. The number of nitrogens with two attached hydrogens (primary N) is 1. The van der Waals surface area contributed by atoms with Crippen LogP contribution in [0.5, 0.6) is 5.75 Å². The Morgan fingerprint density at radius 3 is 2.71 bits per heavy atom. The molecule has 3 heterocycles. The van der Waals surface area contributed by atoms with E-state index in [9.17, 15) is 0 Å². The van der Waals surface area contributed by atoms with Gasteiger partial charge in [0.25, 0.3) is 0 Å². The van der Waals surface area contributed by atoms with Gasteiger partial charge in [-0.1, -0.05) is 24.6 Å². The molecule has 3 aromatic heterocycles. The minimum absolute atomic E-state index is 0.127. The van der Waals surface area contributed by atoms with E-state index in [1.165, 1.54) is 0 Å². The molecular formula is C23H23BrClN5O. The van der Waals surface area contributed by atoms with Gasteiger partial charge < -0.3 is 10.5 Å². The molecule has 4 aromatic rings. The summed E-state index contributed by atoms with van der Waals surface area (Å²) in [6.45, 7) is 8.55. The molecule has 6 nitrogen and oxygen atoms in total. The Bertz CT molecular complexity index is 1270. The summed E-state index contributed by atoms with van der Waals surface area (Å²) in [7, 11) is 0. The molecule has 1 aromatic carbocycles. The van der Waals surface area contributed by atoms with E-state index in [-0.39, 0.29) is 5.92 Å². The predicted octanol–water partition coefficient (Wildman–Crippen LogP) is 5.96. The molecule has 1 unspecified atom stereocenters. The first-order valence-corrected chi connectivity index (χ1v) is 11.2. The van der Waals surface area contributed by atoms with Gasteiger partial charge in [0.15, 0.2) is 5.82 Å². The fourth-order valence-corrected chi connectivity index (χ4v) is 4.60. The summed E-state index contributed by atoms with van der Waals surface area (Å²) in [4.78, 5) is 13.4. The summed E-state index contributed by atoms with van der Waals surface area (Å²) >= 11 is 10.2. The van der Waals surface area contributed by atoms with Gasteiger partial charge in [0.2, 0.25) is 0 Å². The Morgan fingerprint density at radius 1 is 1.26 bits per heavy atom. The minimum atomic E-state index is -0.127. The van der Waals surface area contributed by atoms with E-state index in [0.717, 1.165) is 45.0 Å². The van der Waals surface area contributed by atoms with E-state index in [4.69, 9.17) is 27.1 Å². The average molecular weight is 501 g/mol. The standard InChI is InChI=1S/C23H23BrClN5O/c1-5-31-20-16(10-17(25)14(4)18(20)15-7-6-12(2)28-11-15)13(3)23-29-21(24)19-22(26)27-8-9-30(19)23/h6-11,13H,5H2,1-4H3,(H2,26,27). The maximum Gasteiger partial charge on any atom is 0.150 e. The van der Waals surface area contributed by atoms with Gasteiger partial charge in [-0.25, -0.2) is 9.97 Å². The number of anilines is 1. The Balaban J connectivity index is 1.97. The fraction of sp³-hybridized carbons (Fsp3) is 0.261. The van der Waals surface area contributed by atoms with Gasteiger partial charge >= 0.3 is 0 Å². The lowest BCUT2D eigenvalue weighted by Crippen LogP contribution is -2.08. The first-order valence-electron chi connectivity index (χ1n) is 10.00. The van der Waals surface area contributed by atoms with Crippen LogP contribution >= 0.6 is 27.5 Å². The highest BCUT2D eigenvalue weighted by atomic mass is 79.9. The summed E-state index contributed by atoms with van der Waals surface area (Å²) < 4.78 is 8.81. The van der Waals surface area contributed by atoms with Crippen molar-refractivity contribution >= 4 is 38.9 Å². The number of hydrogen-bond acceptors (Lipinski definition) is 5. The zero-order chi connectivity index (χ0) is 22.3. The number of rotatable bonds is 5. The molecule has 31 heavy (non-hydrogen) atoms. The lowest BCUT2D eigenvalue weighted by Gasteiger charge is -2.22. The molecule has 8 heteroatoms. The van der Waals surface area contributed by atoms with Crippen molar-refractivity contribution in [2.24, 2.45) is 0 Å². The van der Waals surface area contributed by atoms with Crippen molar-refractivity contribution < 1.29 is 4.74 Å². The second-order valence-corrected chi connectivity index (χ2v) is 8.57. The highest BCUT2D eigenvalue weighted by molar-refractivity contribution is 9.10. The highest BCUT2D eigenvalue weighted by Gasteiger charge is 2.26. The monoisotopic (exact) mass is 499 g/mol. The number of nitrogen functional groups attached to an aromatic ring is 1. The SMILES string of the molecule is CCOc1c(C(C)c2nc(Br)c3c(N)nccn23)cc(Cl)c(C)c1-c1ccc(C)nc1. The third kappa shape index (κ3) is 3.77. The van der Waals surface area contributed by atoms with Crippen LogP contribution < -0.4 is 10.5 Å². The number of aryl methyl sites for hydroxylation is 1. The van der Waals surface area contributed by atoms with Crippen molar-refractivity contribution in [3.8, 4) is 16.9 Å². The summed E-state index contributed by atoms with van der Waals surface area (Å²) in [6.07, 6.45) is 5.39. The molecule has 4 rings (SSSR count). The number of pyridine rings is 1. The van der Waals surface area contributed by atoms with Crippen LogP contribution in [0.25, 0.3) is 16.6 Å². The van der Waals surface area contributed by atoms with Gasteiger partial charge in [-0.05, 0) is 54.4 Å².